The Bertz CT molecular complexity index is 648. The Balaban J connectivity index is 1.94. The summed E-state index contributed by atoms with van der Waals surface area (Å²) < 4.78 is 15.7. The zero-order chi connectivity index (χ0) is 15.0. The molecule has 1 aliphatic rings. The van der Waals surface area contributed by atoms with Crippen LogP contribution < -0.4 is 0 Å². The van der Waals surface area contributed by atoms with Gasteiger partial charge in [-0.3, -0.25) is 0 Å². The van der Waals surface area contributed by atoms with Crippen molar-refractivity contribution in [3.05, 3.63) is 28.8 Å². The summed E-state index contributed by atoms with van der Waals surface area (Å²) in [6.07, 6.45) is 2.32. The number of imidazole rings is 1. The Morgan fingerprint density at radius 1 is 1.33 bits per heavy atom. The van der Waals surface area contributed by atoms with E-state index in [0.29, 0.717) is 17.3 Å². The molecule has 1 aromatic heterocycles. The molecule has 1 aromatic carbocycles. The third-order valence-corrected chi connectivity index (χ3v) is 4.80. The Morgan fingerprint density at radius 2 is 2.05 bits per heavy atom. The maximum atomic E-state index is 13.6. The van der Waals surface area contributed by atoms with Gasteiger partial charge in [0.1, 0.15) is 11.6 Å². The fourth-order valence-corrected chi connectivity index (χ4v) is 3.34. The van der Waals surface area contributed by atoms with E-state index in [0.717, 1.165) is 43.8 Å². The van der Waals surface area contributed by atoms with Crippen molar-refractivity contribution in [2.75, 3.05) is 20.1 Å². The summed E-state index contributed by atoms with van der Waals surface area (Å²) in [7, 11) is 2.15. The Hall–Kier alpha value is -0.840. The van der Waals surface area contributed by atoms with E-state index < -0.39 is 5.82 Å². The van der Waals surface area contributed by atoms with Crippen LogP contribution in [0.15, 0.2) is 12.1 Å². The molecule has 6 heteroatoms. The molecule has 1 saturated heterocycles. The quantitative estimate of drug-likeness (QED) is 0.796. The highest BCUT2D eigenvalue weighted by Gasteiger charge is 2.20. The van der Waals surface area contributed by atoms with E-state index in [1.807, 2.05) is 0 Å². The van der Waals surface area contributed by atoms with Crippen LogP contribution >= 0.6 is 23.2 Å². The minimum absolute atomic E-state index is 0.133. The molecule has 1 aliphatic heterocycles. The van der Waals surface area contributed by atoms with Gasteiger partial charge < -0.3 is 9.47 Å². The summed E-state index contributed by atoms with van der Waals surface area (Å²) in [5.41, 5.74) is 1.50. The second kappa shape index (κ2) is 6.11. The van der Waals surface area contributed by atoms with Crippen molar-refractivity contribution in [3.63, 3.8) is 0 Å². The fraction of sp³-hybridized carbons (Fsp3) is 0.533. The van der Waals surface area contributed by atoms with Crippen molar-refractivity contribution in [3.8, 4) is 0 Å². The lowest BCUT2D eigenvalue weighted by atomic mass is 9.97. The first-order valence-electron chi connectivity index (χ1n) is 7.17. The molecule has 0 saturated carbocycles. The number of benzene rings is 1. The normalized spacial score (nSPS) is 17.7. The van der Waals surface area contributed by atoms with E-state index in [9.17, 15) is 4.39 Å². The lowest BCUT2D eigenvalue weighted by Gasteiger charge is -2.29. The number of aromatic nitrogens is 2. The molecule has 0 spiro atoms. The highest BCUT2D eigenvalue weighted by molar-refractivity contribution is 6.31. The third-order valence-electron chi connectivity index (χ3n) is 4.27. The molecule has 2 aromatic rings. The molecular formula is C15H18Cl2FN3. The van der Waals surface area contributed by atoms with Gasteiger partial charge in [0.15, 0.2) is 0 Å². The van der Waals surface area contributed by atoms with Crippen molar-refractivity contribution < 1.29 is 4.39 Å². The van der Waals surface area contributed by atoms with Crippen molar-refractivity contribution in [1.82, 2.24) is 14.5 Å². The van der Waals surface area contributed by atoms with Gasteiger partial charge in [-0.2, -0.15) is 0 Å². The number of hydrogen-bond acceptors (Lipinski definition) is 2. The minimum Gasteiger partial charge on any atom is -0.327 e. The van der Waals surface area contributed by atoms with Crippen LogP contribution in [0.5, 0.6) is 0 Å². The Morgan fingerprint density at radius 3 is 2.71 bits per heavy atom. The second-order valence-electron chi connectivity index (χ2n) is 5.77. The molecule has 0 N–H and O–H groups in total. The summed E-state index contributed by atoms with van der Waals surface area (Å²) in [6.45, 7) is 3.10. The summed E-state index contributed by atoms with van der Waals surface area (Å²) in [6, 6.07) is 3.04. The molecule has 21 heavy (non-hydrogen) atoms. The lowest BCUT2D eigenvalue weighted by molar-refractivity contribution is 0.205. The number of hydrogen-bond donors (Lipinski definition) is 0. The van der Waals surface area contributed by atoms with E-state index in [1.165, 1.54) is 6.07 Å². The molecule has 114 valence electrons. The number of piperidine rings is 1. The predicted molar refractivity (Wildman–Crippen MR) is 84.5 cm³/mol. The molecule has 0 amide bonds. The number of rotatable bonds is 3. The van der Waals surface area contributed by atoms with Crippen LogP contribution in [0, 0.1) is 11.7 Å². The number of halogens is 3. The summed E-state index contributed by atoms with van der Waals surface area (Å²) >= 11 is 11.9. The SMILES string of the molecule is CN1CCC(Cn2c(CCl)nc3cc(F)c(Cl)cc32)CC1. The first kappa shape index (κ1) is 15.1. The average molecular weight is 330 g/mol. The van der Waals surface area contributed by atoms with Crippen molar-refractivity contribution in [2.45, 2.75) is 25.3 Å². The largest absolute Gasteiger partial charge is 0.327 e. The first-order chi connectivity index (χ1) is 10.1. The zero-order valence-corrected chi connectivity index (χ0v) is 13.5. The summed E-state index contributed by atoms with van der Waals surface area (Å²) in [5.74, 6) is 1.27. The summed E-state index contributed by atoms with van der Waals surface area (Å²) in [4.78, 5) is 6.78. The molecule has 3 nitrogen and oxygen atoms in total. The molecule has 1 fully saturated rings. The van der Waals surface area contributed by atoms with Gasteiger partial charge in [-0.1, -0.05) is 11.6 Å². The van der Waals surface area contributed by atoms with Gasteiger partial charge in [0, 0.05) is 12.6 Å². The lowest BCUT2D eigenvalue weighted by Crippen LogP contribution is -2.32. The van der Waals surface area contributed by atoms with E-state index in [1.54, 1.807) is 6.07 Å². The van der Waals surface area contributed by atoms with Gasteiger partial charge in [0.25, 0.3) is 0 Å². The number of fused-ring (bicyclic) bond motifs is 1. The standard InChI is InChI=1S/C15H18Cl2FN3/c1-20-4-2-10(3-5-20)9-21-14-6-11(17)12(18)7-13(14)19-15(21)8-16/h6-7,10H,2-5,8-9H2,1H3. The number of nitrogens with zero attached hydrogens (tertiary/aromatic N) is 3. The van der Waals surface area contributed by atoms with E-state index in [2.05, 4.69) is 21.5 Å². The van der Waals surface area contributed by atoms with Crippen molar-refractivity contribution in [2.24, 2.45) is 5.92 Å². The van der Waals surface area contributed by atoms with Crippen LogP contribution in [0.4, 0.5) is 4.39 Å². The maximum absolute atomic E-state index is 13.6. The van der Waals surface area contributed by atoms with Crippen LogP contribution in [-0.2, 0) is 12.4 Å². The van der Waals surface area contributed by atoms with Gasteiger partial charge >= 0.3 is 0 Å². The van der Waals surface area contributed by atoms with Crippen LogP contribution in [0.25, 0.3) is 11.0 Å². The van der Waals surface area contributed by atoms with Gasteiger partial charge in [-0.05, 0) is 45.0 Å². The Kier molecular flexibility index (Phi) is 4.38. The van der Waals surface area contributed by atoms with Gasteiger partial charge in [-0.15, -0.1) is 11.6 Å². The molecule has 0 radical (unpaired) electrons. The van der Waals surface area contributed by atoms with Crippen LogP contribution in [0.2, 0.25) is 5.02 Å². The van der Waals surface area contributed by atoms with Gasteiger partial charge in [0.2, 0.25) is 0 Å². The van der Waals surface area contributed by atoms with Crippen molar-refractivity contribution in [1.29, 1.82) is 0 Å². The van der Waals surface area contributed by atoms with Gasteiger partial charge in [-0.25, -0.2) is 9.37 Å². The maximum Gasteiger partial charge on any atom is 0.144 e. The van der Waals surface area contributed by atoms with Crippen LogP contribution in [0.3, 0.4) is 0 Å². The molecule has 0 bridgehead atoms. The molecule has 0 aliphatic carbocycles. The average Bonchev–Trinajstić information content (AvgIpc) is 2.79. The van der Waals surface area contributed by atoms with E-state index in [-0.39, 0.29) is 5.02 Å². The fourth-order valence-electron chi connectivity index (χ4n) is 2.98. The molecular weight excluding hydrogens is 312 g/mol. The molecule has 0 atom stereocenters. The summed E-state index contributed by atoms with van der Waals surface area (Å²) in [5, 5.41) is 0.133. The van der Waals surface area contributed by atoms with E-state index in [4.69, 9.17) is 23.2 Å². The topological polar surface area (TPSA) is 21.1 Å². The molecule has 0 unspecified atom stereocenters. The molecule has 2 heterocycles. The zero-order valence-electron chi connectivity index (χ0n) is 12.0. The van der Waals surface area contributed by atoms with Crippen molar-refractivity contribution >= 4 is 34.2 Å². The number of likely N-dealkylation sites (tertiary alicyclic amines) is 1. The predicted octanol–water partition coefficient (Wildman–Crippen LogP) is 3.91. The monoisotopic (exact) mass is 329 g/mol. The number of alkyl halides is 1. The second-order valence-corrected chi connectivity index (χ2v) is 6.45. The van der Waals surface area contributed by atoms with Crippen LogP contribution in [-0.4, -0.2) is 34.6 Å². The van der Waals surface area contributed by atoms with Crippen LogP contribution in [0.1, 0.15) is 18.7 Å². The molecule has 3 rings (SSSR count). The third kappa shape index (κ3) is 3.03. The smallest absolute Gasteiger partial charge is 0.144 e. The highest BCUT2D eigenvalue weighted by Crippen LogP contribution is 2.27. The first-order valence-corrected chi connectivity index (χ1v) is 8.08. The highest BCUT2D eigenvalue weighted by atomic mass is 35.5. The van der Waals surface area contributed by atoms with Gasteiger partial charge in [0.05, 0.1) is 21.9 Å². The van der Waals surface area contributed by atoms with E-state index >= 15 is 0 Å². The Labute approximate surface area is 133 Å². The minimum atomic E-state index is -0.436.